The third kappa shape index (κ3) is 37.4. The first-order chi connectivity index (χ1) is 22.6. The topological polar surface area (TPSA) is 63.6 Å². The van der Waals surface area contributed by atoms with Gasteiger partial charge < -0.3 is 9.84 Å². The van der Waals surface area contributed by atoms with Gasteiger partial charge in [-0.1, -0.05) is 206 Å². The fourth-order valence-electron chi connectivity index (χ4n) is 6.70. The number of carbonyl (C=O) groups excluding carboxylic acids is 1. The molecule has 4 nitrogen and oxygen atoms in total. The molecule has 0 aliphatic carbocycles. The Labute approximate surface area is 288 Å². The molecule has 0 saturated carbocycles. The predicted octanol–water partition coefficient (Wildman–Crippen LogP) is 14.5. The number of ether oxygens (including phenoxy) is 1. The molecule has 0 rings (SSSR count). The van der Waals surface area contributed by atoms with Crippen LogP contribution >= 0.6 is 0 Å². The number of unbranched alkanes of at least 4 members (excludes halogenated alkanes) is 30. The van der Waals surface area contributed by atoms with E-state index < -0.39 is 5.97 Å². The molecule has 1 atom stereocenters. The number of carboxylic acids is 1. The molecule has 46 heavy (non-hydrogen) atoms. The Bertz CT molecular complexity index is 619. The van der Waals surface area contributed by atoms with Gasteiger partial charge in [0.25, 0.3) is 0 Å². The van der Waals surface area contributed by atoms with Crippen LogP contribution in [0.5, 0.6) is 0 Å². The Morgan fingerprint density at radius 1 is 0.391 bits per heavy atom. The van der Waals surface area contributed by atoms with Crippen molar-refractivity contribution < 1.29 is 19.4 Å². The number of hydrogen-bond acceptors (Lipinski definition) is 3. The van der Waals surface area contributed by atoms with Crippen molar-refractivity contribution in [3.63, 3.8) is 0 Å². The first-order valence-corrected chi connectivity index (χ1v) is 21.0. The Balaban J connectivity index is 3.52. The minimum absolute atomic E-state index is 0.0299. The zero-order chi connectivity index (χ0) is 33.6. The van der Waals surface area contributed by atoms with E-state index in [0.29, 0.717) is 12.8 Å². The fraction of sp³-hybridized carbons (Fsp3) is 0.952. The minimum atomic E-state index is -0.673. The van der Waals surface area contributed by atoms with Crippen LogP contribution in [0.4, 0.5) is 0 Å². The van der Waals surface area contributed by atoms with Crippen molar-refractivity contribution >= 4 is 11.9 Å². The second kappa shape index (κ2) is 38.4. The molecule has 274 valence electrons. The van der Waals surface area contributed by atoms with Crippen LogP contribution in [0.3, 0.4) is 0 Å². The van der Waals surface area contributed by atoms with Crippen molar-refractivity contribution in [1.29, 1.82) is 0 Å². The van der Waals surface area contributed by atoms with Crippen molar-refractivity contribution in [3.05, 3.63) is 0 Å². The van der Waals surface area contributed by atoms with Gasteiger partial charge in [0, 0.05) is 12.8 Å². The Kier molecular flexibility index (Phi) is 37.5. The highest BCUT2D eigenvalue weighted by atomic mass is 16.5. The summed E-state index contributed by atoms with van der Waals surface area (Å²) < 4.78 is 5.93. The first kappa shape index (κ1) is 44.9. The Morgan fingerprint density at radius 3 is 1.02 bits per heavy atom. The highest BCUT2D eigenvalue weighted by Gasteiger charge is 2.14. The molecule has 0 aromatic heterocycles. The second-order valence-corrected chi connectivity index (χ2v) is 14.5. The molecule has 0 aliphatic rings. The molecule has 0 spiro atoms. The molecule has 0 bridgehead atoms. The maximum Gasteiger partial charge on any atom is 0.306 e. The van der Waals surface area contributed by atoms with E-state index in [1.54, 1.807) is 0 Å². The quantitative estimate of drug-likeness (QED) is 0.0531. The average molecular weight is 651 g/mol. The highest BCUT2D eigenvalue weighted by Crippen LogP contribution is 2.19. The van der Waals surface area contributed by atoms with E-state index in [2.05, 4.69) is 13.8 Å². The van der Waals surface area contributed by atoms with Gasteiger partial charge in [-0.25, -0.2) is 0 Å². The standard InChI is InChI=1S/C42H82O4/c1-3-5-7-8-9-10-11-12-13-14-15-16-17-18-19-20-21-26-29-32-35-39-42(45)46-40(36-6-4-2)37-33-30-27-24-22-23-25-28-31-34-38-41(43)44/h40H,3-39H2,1-2H3,(H,43,44). The molecule has 0 radical (unpaired) electrons. The molecular formula is C42H82O4. The van der Waals surface area contributed by atoms with E-state index in [1.165, 1.54) is 161 Å². The summed E-state index contributed by atoms with van der Waals surface area (Å²) in [6.07, 6.45) is 46.1. The lowest BCUT2D eigenvalue weighted by molar-refractivity contribution is -0.150. The van der Waals surface area contributed by atoms with E-state index in [1.807, 2.05) is 0 Å². The summed E-state index contributed by atoms with van der Waals surface area (Å²) in [4.78, 5) is 23.0. The molecule has 1 N–H and O–H groups in total. The van der Waals surface area contributed by atoms with Gasteiger partial charge in [-0.2, -0.15) is 0 Å². The van der Waals surface area contributed by atoms with Crippen LogP contribution in [-0.4, -0.2) is 23.1 Å². The molecule has 1 unspecified atom stereocenters. The van der Waals surface area contributed by atoms with E-state index in [-0.39, 0.29) is 12.1 Å². The lowest BCUT2D eigenvalue weighted by Crippen LogP contribution is -2.18. The zero-order valence-corrected chi connectivity index (χ0v) is 31.4. The first-order valence-electron chi connectivity index (χ1n) is 21.0. The number of carbonyl (C=O) groups is 2. The van der Waals surface area contributed by atoms with Gasteiger partial charge in [0.2, 0.25) is 0 Å². The number of rotatable bonds is 39. The van der Waals surface area contributed by atoms with Crippen LogP contribution in [-0.2, 0) is 14.3 Å². The van der Waals surface area contributed by atoms with Crippen molar-refractivity contribution in [2.45, 2.75) is 258 Å². The summed E-state index contributed by atoms with van der Waals surface area (Å²) in [6, 6.07) is 0. The SMILES string of the molecule is CCCCCCCCCCCCCCCCCCCCCCCC(=O)OC(CCCC)CCCCCCCCCCCCC(=O)O. The van der Waals surface area contributed by atoms with Crippen molar-refractivity contribution in [1.82, 2.24) is 0 Å². The summed E-state index contributed by atoms with van der Waals surface area (Å²) in [5.74, 6) is -0.643. The molecule has 0 amide bonds. The van der Waals surface area contributed by atoms with Crippen LogP contribution in [0.25, 0.3) is 0 Å². The van der Waals surface area contributed by atoms with Crippen molar-refractivity contribution in [2.24, 2.45) is 0 Å². The van der Waals surface area contributed by atoms with E-state index in [0.717, 1.165) is 64.2 Å². The van der Waals surface area contributed by atoms with E-state index >= 15 is 0 Å². The number of hydrogen-bond donors (Lipinski definition) is 1. The van der Waals surface area contributed by atoms with Crippen LogP contribution < -0.4 is 0 Å². The number of aliphatic carboxylic acids is 1. The zero-order valence-electron chi connectivity index (χ0n) is 31.4. The summed E-state index contributed by atoms with van der Waals surface area (Å²) in [5, 5.41) is 8.69. The van der Waals surface area contributed by atoms with Gasteiger partial charge in [-0.15, -0.1) is 0 Å². The van der Waals surface area contributed by atoms with Crippen LogP contribution in [0.15, 0.2) is 0 Å². The highest BCUT2D eigenvalue weighted by molar-refractivity contribution is 5.69. The molecule has 0 aromatic carbocycles. The van der Waals surface area contributed by atoms with E-state index in [9.17, 15) is 9.59 Å². The molecule has 0 saturated heterocycles. The normalized spacial score (nSPS) is 12.0. The largest absolute Gasteiger partial charge is 0.481 e. The van der Waals surface area contributed by atoms with Crippen molar-refractivity contribution in [3.8, 4) is 0 Å². The Morgan fingerprint density at radius 2 is 0.674 bits per heavy atom. The molecule has 0 fully saturated rings. The molecule has 0 aromatic rings. The summed E-state index contributed by atoms with van der Waals surface area (Å²) >= 11 is 0. The maximum absolute atomic E-state index is 12.5. The van der Waals surface area contributed by atoms with Gasteiger partial charge in [0.1, 0.15) is 6.10 Å². The Hall–Kier alpha value is -1.06. The van der Waals surface area contributed by atoms with Gasteiger partial charge in [-0.3, -0.25) is 9.59 Å². The van der Waals surface area contributed by atoms with Crippen LogP contribution in [0.2, 0.25) is 0 Å². The monoisotopic (exact) mass is 651 g/mol. The molecule has 0 heterocycles. The van der Waals surface area contributed by atoms with Gasteiger partial charge in [0.05, 0.1) is 0 Å². The predicted molar refractivity (Wildman–Crippen MR) is 200 cm³/mol. The number of esters is 1. The van der Waals surface area contributed by atoms with E-state index in [4.69, 9.17) is 9.84 Å². The molecule has 4 heteroatoms. The number of carboxylic acid groups (broad SMARTS) is 1. The van der Waals surface area contributed by atoms with Gasteiger partial charge in [0.15, 0.2) is 0 Å². The minimum Gasteiger partial charge on any atom is -0.481 e. The lowest BCUT2D eigenvalue weighted by Gasteiger charge is -2.18. The second-order valence-electron chi connectivity index (χ2n) is 14.5. The fourth-order valence-corrected chi connectivity index (χ4v) is 6.70. The van der Waals surface area contributed by atoms with Gasteiger partial charge >= 0.3 is 11.9 Å². The average Bonchev–Trinajstić information content (AvgIpc) is 3.04. The van der Waals surface area contributed by atoms with Gasteiger partial charge in [-0.05, 0) is 32.1 Å². The summed E-state index contributed by atoms with van der Waals surface area (Å²) in [6.45, 7) is 4.51. The summed E-state index contributed by atoms with van der Waals surface area (Å²) in [7, 11) is 0. The molecule has 0 aliphatic heterocycles. The van der Waals surface area contributed by atoms with Crippen LogP contribution in [0.1, 0.15) is 251 Å². The maximum atomic E-state index is 12.5. The molecular weight excluding hydrogens is 568 g/mol. The smallest absolute Gasteiger partial charge is 0.306 e. The van der Waals surface area contributed by atoms with Crippen molar-refractivity contribution in [2.75, 3.05) is 0 Å². The summed E-state index contributed by atoms with van der Waals surface area (Å²) in [5.41, 5.74) is 0. The third-order valence-electron chi connectivity index (χ3n) is 9.83. The third-order valence-corrected chi connectivity index (χ3v) is 9.83. The van der Waals surface area contributed by atoms with Crippen LogP contribution in [0, 0.1) is 0 Å². The lowest BCUT2D eigenvalue weighted by atomic mass is 10.0.